The molecule has 8 nitrogen and oxygen atoms in total. The van der Waals surface area contributed by atoms with Crippen molar-refractivity contribution in [2.75, 3.05) is 19.5 Å². The van der Waals surface area contributed by atoms with Gasteiger partial charge in [-0.1, -0.05) is 0 Å². The van der Waals surface area contributed by atoms with Gasteiger partial charge < -0.3 is 24.3 Å². The van der Waals surface area contributed by atoms with Gasteiger partial charge in [-0.05, 0) is 43.3 Å². The van der Waals surface area contributed by atoms with E-state index in [1.54, 1.807) is 0 Å². The van der Waals surface area contributed by atoms with Crippen LogP contribution in [0.2, 0.25) is 0 Å². The second-order valence-corrected chi connectivity index (χ2v) is 7.54. The molecule has 0 saturated heterocycles. The Morgan fingerprint density at radius 3 is 2.13 bits per heavy atom. The van der Waals surface area contributed by atoms with Gasteiger partial charge in [0.05, 0.1) is 31.2 Å². The quantitative estimate of drug-likeness (QED) is 0.267. The smallest absolute Gasteiger partial charge is 0.493 e. The summed E-state index contributed by atoms with van der Waals surface area (Å²) >= 11 is 0. The third-order valence-corrected chi connectivity index (χ3v) is 4.95. The predicted molar refractivity (Wildman–Crippen MR) is 119 cm³/mol. The van der Waals surface area contributed by atoms with Gasteiger partial charge in [0.2, 0.25) is 0 Å². The van der Waals surface area contributed by atoms with Crippen molar-refractivity contribution in [3.63, 3.8) is 0 Å². The molecule has 0 unspecified atom stereocenters. The zero-order valence-electron chi connectivity index (χ0n) is 20.1. The van der Waals surface area contributed by atoms with E-state index in [-0.39, 0.29) is 28.6 Å². The summed E-state index contributed by atoms with van der Waals surface area (Å²) in [5, 5.41) is 2.20. The van der Waals surface area contributed by atoms with E-state index in [2.05, 4.69) is 19.8 Å². The van der Waals surface area contributed by atoms with Crippen LogP contribution in [-0.4, -0.2) is 37.4 Å². The van der Waals surface area contributed by atoms with Crippen molar-refractivity contribution in [3.8, 4) is 23.0 Å². The van der Waals surface area contributed by atoms with Gasteiger partial charge in [0.1, 0.15) is 22.8 Å². The highest BCUT2D eigenvalue weighted by Gasteiger charge is 2.38. The monoisotopic (exact) mass is 562 g/mol. The number of ether oxygens (including phenoxy) is 4. The molecule has 0 aliphatic rings. The molecule has 0 fully saturated rings. The molecule has 15 heteroatoms. The molecule has 0 saturated carbocycles. The van der Waals surface area contributed by atoms with Gasteiger partial charge in [-0.2, -0.15) is 13.2 Å². The molecule has 1 aromatic heterocycles. The summed E-state index contributed by atoms with van der Waals surface area (Å²) in [7, 11) is 2.16. The number of hydrogen-bond donors (Lipinski definition) is 1. The number of nitrogens with one attached hydrogen (secondary N) is 1. The minimum absolute atomic E-state index is 0.0445. The number of amides is 1. The fourth-order valence-corrected chi connectivity index (χ4v) is 3.22. The molecule has 0 atom stereocenters. The lowest BCUT2D eigenvalue weighted by atomic mass is 10.1. The van der Waals surface area contributed by atoms with E-state index in [0.717, 1.165) is 38.5 Å². The Balaban J connectivity index is 2.04. The highest BCUT2D eigenvalue weighted by molar-refractivity contribution is 6.07. The number of anilines is 1. The van der Waals surface area contributed by atoms with Crippen molar-refractivity contribution in [2.45, 2.75) is 19.5 Å². The van der Waals surface area contributed by atoms with Crippen LogP contribution < -0.4 is 19.5 Å². The molecule has 1 heterocycles. The first-order valence-electron chi connectivity index (χ1n) is 10.5. The summed E-state index contributed by atoms with van der Waals surface area (Å²) in [4.78, 5) is 28.6. The van der Waals surface area contributed by atoms with Gasteiger partial charge in [0, 0.05) is 6.07 Å². The standard InChI is InChI=1S/C24H17F7N2O6/c1-11-14(6-7-15(32-11)22(35)37-3)33-21(34)19-17(9-5-13(20(19)25)23(26,27)28)38-16-8-4-12(10-18(16)36-2)39-24(29,30)31/h4-10H,1-3H3,(H,33,34). The summed E-state index contributed by atoms with van der Waals surface area (Å²) in [6, 6.07) is 5.82. The second-order valence-electron chi connectivity index (χ2n) is 7.54. The van der Waals surface area contributed by atoms with E-state index in [4.69, 9.17) is 9.47 Å². The fraction of sp³-hybridized carbons (Fsp3) is 0.208. The predicted octanol–water partition coefficient (Wildman–Crippen LogP) is 6.29. The number of nitrogens with zero attached hydrogens (tertiary/aromatic N) is 1. The first-order chi connectivity index (χ1) is 18.1. The van der Waals surface area contributed by atoms with Gasteiger partial charge in [0.25, 0.3) is 5.91 Å². The summed E-state index contributed by atoms with van der Waals surface area (Å²) in [5.74, 6) is -6.34. The molecule has 3 rings (SSSR count). The Hall–Kier alpha value is -4.56. The number of benzene rings is 2. The molecular weight excluding hydrogens is 545 g/mol. The molecule has 208 valence electrons. The fourth-order valence-electron chi connectivity index (χ4n) is 3.22. The second kappa shape index (κ2) is 11.0. The summed E-state index contributed by atoms with van der Waals surface area (Å²) in [6.07, 6.45) is -10.2. The van der Waals surface area contributed by atoms with E-state index in [9.17, 15) is 35.9 Å². The van der Waals surface area contributed by atoms with Crippen LogP contribution in [-0.2, 0) is 10.9 Å². The van der Waals surface area contributed by atoms with Crippen molar-refractivity contribution in [1.82, 2.24) is 4.98 Å². The van der Waals surface area contributed by atoms with E-state index in [1.807, 2.05) is 0 Å². The number of rotatable bonds is 7. The molecule has 0 aliphatic carbocycles. The molecule has 0 bridgehead atoms. The van der Waals surface area contributed by atoms with Gasteiger partial charge in [-0.25, -0.2) is 14.2 Å². The third-order valence-electron chi connectivity index (χ3n) is 4.95. The lowest BCUT2D eigenvalue weighted by Gasteiger charge is -2.18. The van der Waals surface area contributed by atoms with Crippen LogP contribution in [0.25, 0.3) is 0 Å². The molecule has 2 aromatic carbocycles. The van der Waals surface area contributed by atoms with Crippen molar-refractivity contribution >= 4 is 17.6 Å². The zero-order valence-corrected chi connectivity index (χ0v) is 20.1. The molecule has 39 heavy (non-hydrogen) atoms. The molecule has 0 radical (unpaired) electrons. The zero-order chi connectivity index (χ0) is 29.1. The van der Waals surface area contributed by atoms with Crippen LogP contribution in [0.4, 0.5) is 36.4 Å². The average Bonchev–Trinajstić information content (AvgIpc) is 2.83. The number of halogens is 7. The van der Waals surface area contributed by atoms with Crippen molar-refractivity contribution in [3.05, 3.63) is 70.8 Å². The van der Waals surface area contributed by atoms with E-state index < -0.39 is 52.9 Å². The Labute approximate surface area is 215 Å². The first-order valence-corrected chi connectivity index (χ1v) is 10.5. The number of methoxy groups -OCH3 is 2. The Morgan fingerprint density at radius 2 is 1.56 bits per heavy atom. The largest absolute Gasteiger partial charge is 0.573 e. The number of esters is 1. The number of aromatic nitrogens is 1. The maximum atomic E-state index is 15.1. The van der Waals surface area contributed by atoms with Crippen LogP contribution >= 0.6 is 0 Å². The Morgan fingerprint density at radius 1 is 0.897 bits per heavy atom. The van der Waals surface area contributed by atoms with E-state index >= 15 is 4.39 Å². The summed E-state index contributed by atoms with van der Waals surface area (Å²) < 4.78 is 112. The number of hydrogen-bond acceptors (Lipinski definition) is 7. The minimum atomic E-state index is -5.19. The van der Waals surface area contributed by atoms with E-state index in [0.29, 0.717) is 12.1 Å². The van der Waals surface area contributed by atoms with Gasteiger partial charge in [-0.15, -0.1) is 13.2 Å². The van der Waals surface area contributed by atoms with Crippen molar-refractivity contribution < 1.29 is 59.3 Å². The van der Waals surface area contributed by atoms with Crippen LogP contribution in [0.1, 0.15) is 32.1 Å². The van der Waals surface area contributed by atoms with Crippen LogP contribution in [0, 0.1) is 12.7 Å². The molecule has 1 amide bonds. The number of pyridine rings is 1. The lowest BCUT2D eigenvalue weighted by molar-refractivity contribution is -0.274. The van der Waals surface area contributed by atoms with E-state index in [1.165, 1.54) is 13.0 Å². The molecule has 0 spiro atoms. The normalized spacial score (nSPS) is 11.5. The summed E-state index contributed by atoms with van der Waals surface area (Å²) in [6.45, 7) is 1.36. The lowest BCUT2D eigenvalue weighted by Crippen LogP contribution is -2.20. The Bertz CT molecular complexity index is 1410. The minimum Gasteiger partial charge on any atom is -0.493 e. The Kier molecular flexibility index (Phi) is 8.22. The van der Waals surface area contributed by atoms with Crippen molar-refractivity contribution in [2.24, 2.45) is 0 Å². The van der Waals surface area contributed by atoms with Gasteiger partial charge >= 0.3 is 18.5 Å². The number of alkyl halides is 6. The SMILES string of the molecule is COC(=O)c1ccc(NC(=O)c2c(Oc3ccc(OC(F)(F)F)cc3OC)ccc(C(F)(F)F)c2F)c(C)n1. The molecular formula is C24H17F7N2O6. The maximum Gasteiger partial charge on any atom is 0.573 e. The maximum absolute atomic E-state index is 15.1. The van der Waals surface area contributed by atoms with Crippen molar-refractivity contribution in [1.29, 1.82) is 0 Å². The highest BCUT2D eigenvalue weighted by atomic mass is 19.4. The molecule has 1 N–H and O–H groups in total. The number of aryl methyl sites for hydroxylation is 1. The average molecular weight is 562 g/mol. The van der Waals surface area contributed by atoms with Crippen LogP contribution in [0.15, 0.2) is 42.5 Å². The number of carbonyl (C=O) groups is 2. The van der Waals surface area contributed by atoms with Crippen LogP contribution in [0.5, 0.6) is 23.0 Å². The van der Waals surface area contributed by atoms with Gasteiger partial charge in [0.15, 0.2) is 17.3 Å². The van der Waals surface area contributed by atoms with Crippen LogP contribution in [0.3, 0.4) is 0 Å². The topological polar surface area (TPSA) is 96.0 Å². The summed E-state index contributed by atoms with van der Waals surface area (Å²) in [5.41, 5.74) is -3.13. The van der Waals surface area contributed by atoms with Gasteiger partial charge in [-0.3, -0.25) is 4.79 Å². The third kappa shape index (κ3) is 6.86. The molecule has 3 aromatic rings. The highest BCUT2D eigenvalue weighted by Crippen LogP contribution is 2.41. The number of carbonyl (C=O) groups excluding carboxylic acids is 2. The first kappa shape index (κ1) is 29.0. The molecule has 0 aliphatic heterocycles.